The van der Waals surface area contributed by atoms with Crippen molar-refractivity contribution in [2.24, 2.45) is 0 Å². The SMILES string of the molecule is COCC1(Nc2cnc3ccc(Nc4cc(C(C)C)cnn4)nc3c2)CCC1. The lowest BCUT2D eigenvalue weighted by atomic mass is 9.77. The Morgan fingerprint density at radius 1 is 1.11 bits per heavy atom. The average molecular weight is 378 g/mol. The van der Waals surface area contributed by atoms with Crippen LogP contribution in [0, 0.1) is 0 Å². The molecule has 1 saturated carbocycles. The van der Waals surface area contributed by atoms with Gasteiger partial charge in [-0.2, -0.15) is 5.10 Å². The summed E-state index contributed by atoms with van der Waals surface area (Å²) in [6, 6.07) is 7.91. The summed E-state index contributed by atoms with van der Waals surface area (Å²) in [7, 11) is 1.75. The molecule has 0 aliphatic heterocycles. The number of hydrogen-bond donors (Lipinski definition) is 2. The van der Waals surface area contributed by atoms with Crippen molar-refractivity contribution in [1.82, 2.24) is 20.2 Å². The van der Waals surface area contributed by atoms with E-state index in [1.54, 1.807) is 13.3 Å². The van der Waals surface area contributed by atoms with Crippen molar-refractivity contribution in [3.05, 3.63) is 42.2 Å². The van der Waals surface area contributed by atoms with Crippen LogP contribution in [0.1, 0.15) is 44.6 Å². The van der Waals surface area contributed by atoms with E-state index in [1.807, 2.05) is 30.5 Å². The molecule has 0 amide bonds. The fourth-order valence-corrected chi connectivity index (χ4v) is 3.53. The van der Waals surface area contributed by atoms with Crippen molar-refractivity contribution in [3.63, 3.8) is 0 Å². The molecule has 0 atom stereocenters. The summed E-state index contributed by atoms with van der Waals surface area (Å²) >= 11 is 0. The Hall–Kier alpha value is -2.80. The summed E-state index contributed by atoms with van der Waals surface area (Å²) in [5.41, 5.74) is 3.81. The Kier molecular flexibility index (Phi) is 5.09. The van der Waals surface area contributed by atoms with E-state index in [1.165, 1.54) is 6.42 Å². The molecule has 2 N–H and O–H groups in total. The molecule has 28 heavy (non-hydrogen) atoms. The minimum atomic E-state index is 0.0207. The van der Waals surface area contributed by atoms with Crippen molar-refractivity contribution in [2.45, 2.75) is 44.6 Å². The van der Waals surface area contributed by atoms with Crippen LogP contribution in [0.2, 0.25) is 0 Å². The first-order valence-corrected chi connectivity index (χ1v) is 9.70. The van der Waals surface area contributed by atoms with Gasteiger partial charge >= 0.3 is 0 Å². The van der Waals surface area contributed by atoms with E-state index in [4.69, 9.17) is 9.72 Å². The number of fused-ring (bicyclic) bond motifs is 1. The van der Waals surface area contributed by atoms with E-state index in [9.17, 15) is 0 Å². The lowest BCUT2D eigenvalue weighted by Crippen LogP contribution is -2.48. The predicted molar refractivity (Wildman–Crippen MR) is 111 cm³/mol. The fourth-order valence-electron chi connectivity index (χ4n) is 3.53. The number of methoxy groups -OCH3 is 1. The quantitative estimate of drug-likeness (QED) is 0.635. The summed E-state index contributed by atoms with van der Waals surface area (Å²) in [6.45, 7) is 4.96. The molecule has 4 rings (SSSR count). The smallest absolute Gasteiger partial charge is 0.154 e. The third kappa shape index (κ3) is 3.89. The zero-order valence-electron chi connectivity index (χ0n) is 16.6. The highest BCUT2D eigenvalue weighted by Gasteiger charge is 2.36. The molecule has 1 aliphatic rings. The first-order valence-electron chi connectivity index (χ1n) is 9.70. The molecule has 0 unspecified atom stereocenters. The molecule has 3 aromatic heterocycles. The molecule has 3 aromatic rings. The number of ether oxygens (including phenoxy) is 1. The second-order valence-electron chi connectivity index (χ2n) is 7.80. The molecular weight excluding hydrogens is 352 g/mol. The van der Waals surface area contributed by atoms with E-state index in [0.717, 1.165) is 40.9 Å². The zero-order chi connectivity index (χ0) is 19.6. The van der Waals surface area contributed by atoms with Gasteiger partial charge in [0, 0.05) is 7.11 Å². The Morgan fingerprint density at radius 2 is 1.96 bits per heavy atom. The van der Waals surface area contributed by atoms with Crippen LogP contribution in [-0.2, 0) is 4.74 Å². The van der Waals surface area contributed by atoms with Gasteiger partial charge in [-0.1, -0.05) is 13.8 Å². The van der Waals surface area contributed by atoms with Crippen molar-refractivity contribution < 1.29 is 4.74 Å². The van der Waals surface area contributed by atoms with Crippen molar-refractivity contribution in [1.29, 1.82) is 0 Å². The summed E-state index contributed by atoms with van der Waals surface area (Å²) in [6.07, 6.45) is 7.10. The molecule has 1 aliphatic carbocycles. The van der Waals surface area contributed by atoms with Crippen LogP contribution < -0.4 is 10.6 Å². The highest BCUT2D eigenvalue weighted by molar-refractivity contribution is 5.80. The van der Waals surface area contributed by atoms with E-state index in [0.29, 0.717) is 18.3 Å². The van der Waals surface area contributed by atoms with Gasteiger partial charge in [-0.05, 0) is 55.0 Å². The normalized spacial score (nSPS) is 15.4. The molecule has 0 bridgehead atoms. The van der Waals surface area contributed by atoms with E-state index in [2.05, 4.69) is 39.7 Å². The van der Waals surface area contributed by atoms with E-state index in [-0.39, 0.29) is 5.54 Å². The lowest BCUT2D eigenvalue weighted by molar-refractivity contribution is 0.0983. The molecule has 0 aromatic carbocycles. The monoisotopic (exact) mass is 378 g/mol. The van der Waals surface area contributed by atoms with Crippen molar-refractivity contribution in [2.75, 3.05) is 24.4 Å². The summed E-state index contributed by atoms with van der Waals surface area (Å²) in [5.74, 6) is 1.80. The molecule has 1 fully saturated rings. The molecule has 3 heterocycles. The summed E-state index contributed by atoms with van der Waals surface area (Å²) in [5, 5.41) is 15.1. The van der Waals surface area contributed by atoms with Crippen LogP contribution in [0.15, 0.2) is 36.7 Å². The second-order valence-corrected chi connectivity index (χ2v) is 7.80. The van der Waals surface area contributed by atoms with Crippen LogP contribution in [0.25, 0.3) is 11.0 Å². The van der Waals surface area contributed by atoms with Crippen LogP contribution in [0.5, 0.6) is 0 Å². The van der Waals surface area contributed by atoms with Gasteiger partial charge in [-0.3, -0.25) is 4.98 Å². The van der Waals surface area contributed by atoms with Crippen LogP contribution >= 0.6 is 0 Å². The number of anilines is 3. The lowest BCUT2D eigenvalue weighted by Gasteiger charge is -2.42. The van der Waals surface area contributed by atoms with E-state index >= 15 is 0 Å². The first kappa shape index (κ1) is 18.6. The number of nitrogens with one attached hydrogen (secondary N) is 2. The number of hydrogen-bond acceptors (Lipinski definition) is 7. The highest BCUT2D eigenvalue weighted by Crippen LogP contribution is 2.35. The number of aromatic nitrogens is 4. The number of rotatable bonds is 7. The second kappa shape index (κ2) is 7.67. The van der Waals surface area contributed by atoms with Crippen molar-refractivity contribution in [3.8, 4) is 0 Å². The third-order valence-corrected chi connectivity index (χ3v) is 5.28. The molecule has 0 radical (unpaired) electrons. The van der Waals surface area contributed by atoms with Crippen molar-refractivity contribution >= 4 is 28.4 Å². The first-order chi connectivity index (χ1) is 13.6. The molecule has 0 spiro atoms. The largest absolute Gasteiger partial charge is 0.382 e. The number of nitrogens with zero attached hydrogens (tertiary/aromatic N) is 4. The van der Waals surface area contributed by atoms with E-state index < -0.39 is 0 Å². The predicted octanol–water partition coefficient (Wildman–Crippen LogP) is 4.27. The Labute approximate surface area is 165 Å². The van der Waals surface area contributed by atoms with Gasteiger partial charge in [0.2, 0.25) is 0 Å². The van der Waals surface area contributed by atoms with Crippen LogP contribution in [0.3, 0.4) is 0 Å². The van der Waals surface area contributed by atoms with Gasteiger partial charge in [-0.15, -0.1) is 5.10 Å². The maximum atomic E-state index is 5.40. The van der Waals surface area contributed by atoms with Gasteiger partial charge in [0.05, 0.1) is 41.3 Å². The third-order valence-electron chi connectivity index (χ3n) is 5.28. The van der Waals surface area contributed by atoms with Gasteiger partial charge < -0.3 is 15.4 Å². The summed E-state index contributed by atoms with van der Waals surface area (Å²) < 4.78 is 5.40. The zero-order valence-corrected chi connectivity index (χ0v) is 16.6. The maximum Gasteiger partial charge on any atom is 0.154 e. The Bertz CT molecular complexity index is 970. The molecule has 7 nitrogen and oxygen atoms in total. The van der Waals surface area contributed by atoms with Gasteiger partial charge in [-0.25, -0.2) is 4.98 Å². The molecule has 146 valence electrons. The Morgan fingerprint density at radius 3 is 2.68 bits per heavy atom. The maximum absolute atomic E-state index is 5.40. The summed E-state index contributed by atoms with van der Waals surface area (Å²) in [4.78, 5) is 9.26. The van der Waals surface area contributed by atoms with Crippen LogP contribution in [0.4, 0.5) is 17.3 Å². The molecule has 0 saturated heterocycles. The fraction of sp³-hybridized carbons (Fsp3) is 0.429. The Balaban J connectivity index is 1.57. The minimum Gasteiger partial charge on any atom is -0.382 e. The van der Waals surface area contributed by atoms with Gasteiger partial charge in [0.15, 0.2) is 5.82 Å². The van der Waals surface area contributed by atoms with Gasteiger partial charge in [0.1, 0.15) is 5.82 Å². The topological polar surface area (TPSA) is 84.9 Å². The van der Waals surface area contributed by atoms with Crippen LogP contribution in [-0.4, -0.2) is 39.4 Å². The average Bonchev–Trinajstić information content (AvgIpc) is 2.66. The van der Waals surface area contributed by atoms with Gasteiger partial charge in [0.25, 0.3) is 0 Å². The standard InChI is InChI=1S/C21H26N6O/c1-14(2)15-9-20(27-23-11-15)25-19-6-5-17-18(24-19)10-16(12-22-17)26-21(13-28-3)7-4-8-21/h5-6,9-12,14,26H,4,7-8,13H2,1-3H3,(H,24,25,27). The number of pyridine rings is 2. The molecular formula is C21H26N6O. The molecule has 7 heteroatoms. The minimum absolute atomic E-state index is 0.0207. The highest BCUT2D eigenvalue weighted by atomic mass is 16.5.